The van der Waals surface area contributed by atoms with Crippen LogP contribution in [-0.2, 0) is 0 Å². The predicted molar refractivity (Wildman–Crippen MR) is 63.6 cm³/mol. The molecule has 1 N–H and O–H groups in total. The van der Waals surface area contributed by atoms with Crippen LogP contribution in [0.25, 0.3) is 0 Å². The second kappa shape index (κ2) is 4.77. The van der Waals surface area contributed by atoms with E-state index in [0.717, 1.165) is 0 Å². The van der Waals surface area contributed by atoms with Gasteiger partial charge in [-0.15, -0.1) is 0 Å². The molecule has 0 radical (unpaired) electrons. The van der Waals surface area contributed by atoms with Gasteiger partial charge in [0.2, 0.25) is 0 Å². The van der Waals surface area contributed by atoms with E-state index in [1.54, 1.807) is 0 Å². The number of benzene rings is 1. The monoisotopic (exact) mass is 204 g/mol. The average Bonchev–Trinajstić information content (AvgIpc) is 2.78. The third-order valence-electron chi connectivity index (χ3n) is 3.39. The maximum atomic E-state index is 3.33. The fourth-order valence-electron chi connectivity index (χ4n) is 2.45. The summed E-state index contributed by atoms with van der Waals surface area (Å²) in [5.74, 6) is 0. The van der Waals surface area contributed by atoms with Gasteiger partial charge in [0, 0.05) is 12.6 Å². The van der Waals surface area contributed by atoms with E-state index in [1.807, 2.05) is 7.05 Å². The minimum absolute atomic E-state index is 0.470. The lowest BCUT2D eigenvalue weighted by Crippen LogP contribution is -2.41. The first-order chi connectivity index (χ1) is 7.33. The van der Waals surface area contributed by atoms with E-state index in [1.165, 1.54) is 24.9 Å². The molecule has 2 rings (SSSR count). The molecule has 2 atom stereocenters. The molecular formula is C13H20N2. The number of rotatable bonds is 3. The molecule has 1 aliphatic rings. The van der Waals surface area contributed by atoms with Gasteiger partial charge in [-0.25, -0.2) is 0 Å². The Labute approximate surface area is 92.3 Å². The summed E-state index contributed by atoms with van der Waals surface area (Å²) in [6.45, 7) is 3.45. The van der Waals surface area contributed by atoms with Crippen molar-refractivity contribution in [3.63, 3.8) is 0 Å². The molecule has 1 fully saturated rings. The Hall–Kier alpha value is -0.860. The molecule has 0 saturated carbocycles. The summed E-state index contributed by atoms with van der Waals surface area (Å²) in [5, 5.41) is 3.33. The summed E-state index contributed by atoms with van der Waals surface area (Å²) in [5.41, 5.74) is 1.46. The second-order valence-corrected chi connectivity index (χ2v) is 4.27. The zero-order chi connectivity index (χ0) is 10.7. The van der Waals surface area contributed by atoms with Gasteiger partial charge in [0.25, 0.3) is 0 Å². The number of hydrogen-bond acceptors (Lipinski definition) is 2. The van der Waals surface area contributed by atoms with Gasteiger partial charge >= 0.3 is 0 Å². The number of nitrogens with one attached hydrogen (secondary N) is 1. The molecule has 0 spiro atoms. The zero-order valence-corrected chi connectivity index (χ0v) is 9.61. The van der Waals surface area contributed by atoms with Crippen LogP contribution in [-0.4, -0.2) is 24.7 Å². The predicted octanol–water partition coefficient (Wildman–Crippen LogP) is 2.39. The minimum atomic E-state index is 0.470. The second-order valence-electron chi connectivity index (χ2n) is 4.27. The molecule has 0 aromatic heterocycles. The van der Waals surface area contributed by atoms with E-state index in [2.05, 4.69) is 47.5 Å². The highest BCUT2D eigenvalue weighted by Gasteiger charge is 2.28. The first kappa shape index (κ1) is 10.7. The van der Waals surface area contributed by atoms with E-state index < -0.39 is 0 Å². The first-order valence-corrected chi connectivity index (χ1v) is 5.81. The summed E-state index contributed by atoms with van der Waals surface area (Å²) in [6, 6.07) is 11.4. The maximum absolute atomic E-state index is 3.33. The number of hydrogen-bond donors (Lipinski definition) is 1. The van der Waals surface area contributed by atoms with E-state index in [9.17, 15) is 0 Å². The van der Waals surface area contributed by atoms with Gasteiger partial charge in [0.15, 0.2) is 0 Å². The molecule has 1 aromatic carbocycles. The molecule has 1 heterocycles. The third kappa shape index (κ3) is 2.21. The van der Waals surface area contributed by atoms with Crippen molar-refractivity contribution in [3.8, 4) is 0 Å². The van der Waals surface area contributed by atoms with Crippen LogP contribution in [0.15, 0.2) is 30.3 Å². The molecule has 1 aromatic rings. The highest BCUT2D eigenvalue weighted by Crippen LogP contribution is 2.32. The third-order valence-corrected chi connectivity index (χ3v) is 3.39. The molecule has 0 bridgehead atoms. The maximum Gasteiger partial charge on any atom is 0.0571 e. The van der Waals surface area contributed by atoms with Crippen molar-refractivity contribution in [1.82, 2.24) is 10.2 Å². The Morgan fingerprint density at radius 1 is 1.33 bits per heavy atom. The van der Waals surface area contributed by atoms with Crippen molar-refractivity contribution in [2.75, 3.05) is 13.6 Å². The highest BCUT2D eigenvalue weighted by molar-refractivity contribution is 5.20. The summed E-state index contributed by atoms with van der Waals surface area (Å²) >= 11 is 0. The SMILES string of the molecule is CNC(C)N1CCCC1c1ccccc1. The van der Waals surface area contributed by atoms with Crippen LogP contribution in [0.1, 0.15) is 31.4 Å². The lowest BCUT2D eigenvalue weighted by Gasteiger charge is -2.30. The van der Waals surface area contributed by atoms with Crippen LogP contribution in [0.5, 0.6) is 0 Å². The number of nitrogens with zero attached hydrogens (tertiary/aromatic N) is 1. The lowest BCUT2D eigenvalue weighted by molar-refractivity contribution is 0.171. The smallest absolute Gasteiger partial charge is 0.0571 e. The van der Waals surface area contributed by atoms with Crippen molar-refractivity contribution in [1.29, 1.82) is 0 Å². The molecule has 1 saturated heterocycles. The standard InChI is InChI=1S/C13H20N2/c1-11(14-2)15-10-6-9-13(15)12-7-4-3-5-8-12/h3-5,7-8,11,13-14H,6,9-10H2,1-2H3. The van der Waals surface area contributed by atoms with Gasteiger partial charge in [0.05, 0.1) is 6.17 Å². The largest absolute Gasteiger partial charge is 0.305 e. The molecule has 1 aliphatic heterocycles. The van der Waals surface area contributed by atoms with Crippen LogP contribution in [0, 0.1) is 0 Å². The average molecular weight is 204 g/mol. The fraction of sp³-hybridized carbons (Fsp3) is 0.538. The molecule has 2 nitrogen and oxygen atoms in total. The van der Waals surface area contributed by atoms with Crippen LogP contribution >= 0.6 is 0 Å². The van der Waals surface area contributed by atoms with Crippen LogP contribution in [0.3, 0.4) is 0 Å². The number of likely N-dealkylation sites (tertiary alicyclic amines) is 1. The van der Waals surface area contributed by atoms with Crippen LogP contribution in [0.4, 0.5) is 0 Å². The molecule has 2 heteroatoms. The van der Waals surface area contributed by atoms with Crippen molar-refractivity contribution >= 4 is 0 Å². The molecule has 15 heavy (non-hydrogen) atoms. The normalized spacial score (nSPS) is 24.3. The van der Waals surface area contributed by atoms with Crippen molar-refractivity contribution in [2.45, 2.75) is 32.0 Å². The van der Waals surface area contributed by atoms with Gasteiger partial charge in [-0.05, 0) is 32.4 Å². The Kier molecular flexibility index (Phi) is 3.39. The minimum Gasteiger partial charge on any atom is -0.305 e. The summed E-state index contributed by atoms with van der Waals surface area (Å²) in [4.78, 5) is 2.55. The van der Waals surface area contributed by atoms with Gasteiger partial charge < -0.3 is 5.32 Å². The van der Waals surface area contributed by atoms with E-state index in [4.69, 9.17) is 0 Å². The zero-order valence-electron chi connectivity index (χ0n) is 9.61. The van der Waals surface area contributed by atoms with E-state index >= 15 is 0 Å². The van der Waals surface area contributed by atoms with Crippen molar-refractivity contribution in [3.05, 3.63) is 35.9 Å². The van der Waals surface area contributed by atoms with Crippen molar-refractivity contribution in [2.24, 2.45) is 0 Å². The van der Waals surface area contributed by atoms with E-state index in [-0.39, 0.29) is 0 Å². The summed E-state index contributed by atoms with van der Waals surface area (Å²) in [7, 11) is 2.03. The van der Waals surface area contributed by atoms with Gasteiger partial charge in [-0.3, -0.25) is 4.90 Å². The highest BCUT2D eigenvalue weighted by atomic mass is 15.3. The Morgan fingerprint density at radius 2 is 2.07 bits per heavy atom. The molecule has 82 valence electrons. The van der Waals surface area contributed by atoms with Crippen LogP contribution < -0.4 is 5.32 Å². The Bertz CT molecular complexity index is 297. The Morgan fingerprint density at radius 3 is 2.73 bits per heavy atom. The van der Waals surface area contributed by atoms with Gasteiger partial charge in [-0.2, -0.15) is 0 Å². The summed E-state index contributed by atoms with van der Waals surface area (Å²) < 4.78 is 0. The van der Waals surface area contributed by atoms with Gasteiger partial charge in [0.1, 0.15) is 0 Å². The molecular weight excluding hydrogens is 184 g/mol. The molecule has 0 amide bonds. The van der Waals surface area contributed by atoms with Crippen LogP contribution in [0.2, 0.25) is 0 Å². The lowest BCUT2D eigenvalue weighted by atomic mass is 10.0. The quantitative estimate of drug-likeness (QED) is 0.813. The molecule has 0 aliphatic carbocycles. The first-order valence-electron chi connectivity index (χ1n) is 5.81. The van der Waals surface area contributed by atoms with Crippen molar-refractivity contribution < 1.29 is 0 Å². The summed E-state index contributed by atoms with van der Waals surface area (Å²) in [6.07, 6.45) is 3.07. The Balaban J connectivity index is 2.15. The topological polar surface area (TPSA) is 15.3 Å². The van der Waals surface area contributed by atoms with E-state index in [0.29, 0.717) is 12.2 Å². The molecule has 2 unspecified atom stereocenters. The fourth-order valence-corrected chi connectivity index (χ4v) is 2.45. The van der Waals surface area contributed by atoms with Gasteiger partial charge in [-0.1, -0.05) is 30.3 Å².